The lowest BCUT2D eigenvalue weighted by Gasteiger charge is -2.24. The predicted molar refractivity (Wildman–Crippen MR) is 188 cm³/mol. The summed E-state index contributed by atoms with van der Waals surface area (Å²) in [6.07, 6.45) is 1.11. The third kappa shape index (κ3) is 7.76. The number of amides is 2. The molecule has 2 amide bonds. The van der Waals surface area contributed by atoms with E-state index in [1.807, 2.05) is 13.8 Å². The monoisotopic (exact) mass is 687 g/mol. The third-order valence-electron chi connectivity index (χ3n) is 7.96. The van der Waals surface area contributed by atoms with Gasteiger partial charge >= 0.3 is 0 Å². The van der Waals surface area contributed by atoms with E-state index >= 15 is 0 Å². The first-order valence-corrected chi connectivity index (χ1v) is 17.4. The van der Waals surface area contributed by atoms with Crippen molar-refractivity contribution in [3.05, 3.63) is 102 Å². The van der Waals surface area contributed by atoms with Crippen molar-refractivity contribution in [2.75, 3.05) is 37.3 Å². The molecule has 1 heterocycles. The van der Waals surface area contributed by atoms with Crippen LogP contribution in [0.1, 0.15) is 41.5 Å². The summed E-state index contributed by atoms with van der Waals surface area (Å²) in [6, 6.07) is 22.5. The number of benzene rings is 4. The number of nitrogens with one attached hydrogen (secondary N) is 2. The number of fused-ring (bicyclic) bond motifs is 1. The highest BCUT2D eigenvalue weighted by molar-refractivity contribution is 7.92. The Morgan fingerprint density at radius 1 is 0.939 bits per heavy atom. The first-order chi connectivity index (χ1) is 23.2. The van der Waals surface area contributed by atoms with Crippen molar-refractivity contribution in [1.29, 1.82) is 0 Å². The van der Waals surface area contributed by atoms with Crippen molar-refractivity contribution in [3.8, 4) is 33.9 Å². The van der Waals surface area contributed by atoms with Gasteiger partial charge in [-0.25, -0.2) is 12.8 Å². The number of anilines is 1. The van der Waals surface area contributed by atoms with E-state index in [-0.39, 0.29) is 42.5 Å². The van der Waals surface area contributed by atoms with Gasteiger partial charge in [0.2, 0.25) is 10.0 Å². The molecule has 49 heavy (non-hydrogen) atoms. The van der Waals surface area contributed by atoms with Crippen molar-refractivity contribution in [3.63, 3.8) is 0 Å². The van der Waals surface area contributed by atoms with Crippen LogP contribution in [0.25, 0.3) is 33.4 Å². The van der Waals surface area contributed by atoms with E-state index in [2.05, 4.69) is 10.6 Å². The number of hydrogen-bond donors (Lipinski definition) is 3. The molecule has 0 fully saturated rings. The third-order valence-corrected chi connectivity index (χ3v) is 9.21. The Kier molecular flexibility index (Phi) is 10.1. The lowest BCUT2D eigenvalue weighted by Crippen LogP contribution is -2.36. The molecule has 3 N–H and O–H groups in total. The van der Waals surface area contributed by atoms with E-state index in [9.17, 15) is 27.5 Å². The standard InChI is InChI=1S/C37H38FN3O7S/c1-6-41(49(5,45)46)31-20-32-30(19-29(31)24-9-7-10-25(17-24)35(43)40-21-37(2,3)22-42)33(36(44)39-4)34(48-32)23-13-15-27(16-14-23)47-28-12-8-11-26(38)18-28/h7-20,42H,6,21-22H2,1-5H3,(H,39,44)(H,40,43). The zero-order valence-corrected chi connectivity index (χ0v) is 28.7. The number of rotatable bonds is 12. The normalized spacial score (nSPS) is 11.7. The minimum Gasteiger partial charge on any atom is -0.457 e. The highest BCUT2D eigenvalue weighted by Gasteiger charge is 2.27. The molecule has 0 spiro atoms. The van der Waals surface area contributed by atoms with Crippen molar-refractivity contribution in [1.82, 2.24) is 10.6 Å². The van der Waals surface area contributed by atoms with Crippen LogP contribution in [0.15, 0.2) is 89.3 Å². The van der Waals surface area contributed by atoms with Gasteiger partial charge in [-0.1, -0.05) is 32.0 Å². The number of aliphatic hydroxyl groups excluding tert-OH is 1. The maximum absolute atomic E-state index is 13.7. The molecule has 0 saturated heterocycles. The first kappa shape index (κ1) is 35.1. The average Bonchev–Trinajstić information content (AvgIpc) is 3.45. The molecule has 0 aliphatic heterocycles. The lowest BCUT2D eigenvalue weighted by atomic mass is 9.94. The SMILES string of the molecule is CCN(c1cc2oc(-c3ccc(Oc4cccc(F)c4)cc3)c(C(=O)NC)c2cc1-c1cccc(C(=O)NCC(C)(C)CO)c1)S(C)(=O)=O. The van der Waals surface area contributed by atoms with Gasteiger partial charge in [0.25, 0.3) is 11.8 Å². The van der Waals surface area contributed by atoms with Gasteiger partial charge in [0.15, 0.2) is 0 Å². The molecule has 10 nitrogen and oxygen atoms in total. The van der Waals surface area contributed by atoms with Gasteiger partial charge in [-0.2, -0.15) is 0 Å². The molecule has 0 bridgehead atoms. The Balaban J connectivity index is 1.65. The largest absolute Gasteiger partial charge is 0.457 e. The van der Waals surface area contributed by atoms with Crippen LogP contribution >= 0.6 is 0 Å². The van der Waals surface area contributed by atoms with E-state index < -0.39 is 27.2 Å². The Morgan fingerprint density at radius 2 is 1.65 bits per heavy atom. The Labute approximate surface area is 284 Å². The number of ether oxygens (including phenoxy) is 1. The topological polar surface area (TPSA) is 138 Å². The van der Waals surface area contributed by atoms with Gasteiger partial charge in [-0.15, -0.1) is 0 Å². The summed E-state index contributed by atoms with van der Waals surface area (Å²) in [5, 5.41) is 15.5. The highest BCUT2D eigenvalue weighted by atomic mass is 32.2. The molecule has 0 atom stereocenters. The molecule has 0 saturated carbocycles. The number of sulfonamides is 1. The maximum atomic E-state index is 13.7. The fourth-order valence-electron chi connectivity index (χ4n) is 5.35. The number of furan rings is 1. The van der Waals surface area contributed by atoms with E-state index in [0.29, 0.717) is 44.8 Å². The van der Waals surface area contributed by atoms with E-state index in [1.54, 1.807) is 79.7 Å². The minimum absolute atomic E-state index is 0.108. The minimum atomic E-state index is -3.76. The molecule has 0 aliphatic rings. The lowest BCUT2D eigenvalue weighted by molar-refractivity contribution is 0.0910. The number of carbonyl (C=O) groups excluding carboxylic acids is 2. The van der Waals surface area contributed by atoms with Crippen LogP contribution in [0.2, 0.25) is 0 Å². The second-order valence-electron chi connectivity index (χ2n) is 12.3. The fraction of sp³-hybridized carbons (Fsp3) is 0.243. The van der Waals surface area contributed by atoms with Gasteiger partial charge in [0.1, 0.15) is 28.7 Å². The summed E-state index contributed by atoms with van der Waals surface area (Å²) in [5.41, 5.74) is 2.16. The van der Waals surface area contributed by atoms with Crippen LogP contribution < -0.4 is 19.7 Å². The van der Waals surface area contributed by atoms with Crippen molar-refractivity contribution < 1.29 is 36.7 Å². The van der Waals surface area contributed by atoms with E-state index in [1.165, 1.54) is 23.5 Å². The van der Waals surface area contributed by atoms with Crippen LogP contribution in [0, 0.1) is 11.2 Å². The van der Waals surface area contributed by atoms with E-state index in [4.69, 9.17) is 9.15 Å². The zero-order valence-electron chi connectivity index (χ0n) is 27.8. The van der Waals surface area contributed by atoms with Gasteiger partial charge in [-0.05, 0) is 67.1 Å². The number of aliphatic hydroxyl groups is 1. The number of halogens is 1. The van der Waals surface area contributed by atoms with Gasteiger partial charge in [0.05, 0.1) is 17.5 Å². The number of carbonyl (C=O) groups is 2. The molecular weight excluding hydrogens is 649 g/mol. The maximum Gasteiger partial charge on any atom is 0.255 e. The van der Waals surface area contributed by atoms with Gasteiger partial charge < -0.3 is 24.9 Å². The molecule has 4 aromatic carbocycles. The second-order valence-corrected chi connectivity index (χ2v) is 14.3. The van der Waals surface area contributed by atoms with Crippen LogP contribution in [-0.4, -0.2) is 58.3 Å². The van der Waals surface area contributed by atoms with E-state index in [0.717, 1.165) is 6.26 Å². The molecule has 5 aromatic rings. The Bertz CT molecular complexity index is 2130. The van der Waals surface area contributed by atoms with Crippen LogP contribution in [-0.2, 0) is 10.0 Å². The Hall–Kier alpha value is -5.20. The summed E-state index contributed by atoms with van der Waals surface area (Å²) in [5.74, 6) is -0.209. The molecule has 0 unspecified atom stereocenters. The quantitative estimate of drug-likeness (QED) is 0.135. The van der Waals surface area contributed by atoms with Crippen LogP contribution in [0.4, 0.5) is 10.1 Å². The van der Waals surface area contributed by atoms with Crippen LogP contribution in [0.3, 0.4) is 0 Å². The molecule has 5 rings (SSSR count). The second kappa shape index (κ2) is 14.1. The first-order valence-electron chi connectivity index (χ1n) is 15.6. The van der Waals surface area contributed by atoms with Gasteiger partial charge in [-0.3, -0.25) is 13.9 Å². The molecule has 1 aromatic heterocycles. The van der Waals surface area contributed by atoms with Crippen LogP contribution in [0.5, 0.6) is 11.5 Å². The average molecular weight is 688 g/mol. The van der Waals surface area contributed by atoms with Gasteiger partial charge in [0, 0.05) is 66.4 Å². The summed E-state index contributed by atoms with van der Waals surface area (Å²) >= 11 is 0. The number of hydrogen-bond acceptors (Lipinski definition) is 7. The van der Waals surface area contributed by atoms with Crippen molar-refractivity contribution in [2.45, 2.75) is 20.8 Å². The summed E-state index contributed by atoms with van der Waals surface area (Å²) in [7, 11) is -2.26. The van der Waals surface area contributed by atoms with Crippen molar-refractivity contribution in [2.24, 2.45) is 5.41 Å². The smallest absolute Gasteiger partial charge is 0.255 e. The summed E-state index contributed by atoms with van der Waals surface area (Å²) in [6.45, 7) is 5.60. The molecule has 0 radical (unpaired) electrons. The summed E-state index contributed by atoms with van der Waals surface area (Å²) < 4.78 is 53.0. The fourth-order valence-corrected chi connectivity index (χ4v) is 6.33. The molecular formula is C37H38FN3O7S. The molecule has 12 heteroatoms. The zero-order chi connectivity index (χ0) is 35.5. The molecule has 256 valence electrons. The number of nitrogens with zero attached hydrogens (tertiary/aromatic N) is 1. The Morgan fingerprint density at radius 3 is 2.29 bits per heavy atom. The highest BCUT2D eigenvalue weighted by Crippen LogP contribution is 2.42. The summed E-state index contributed by atoms with van der Waals surface area (Å²) in [4.78, 5) is 26.5. The van der Waals surface area contributed by atoms with Crippen molar-refractivity contribution >= 4 is 38.5 Å². The predicted octanol–water partition coefficient (Wildman–Crippen LogP) is 6.59. The molecule has 0 aliphatic carbocycles.